The van der Waals surface area contributed by atoms with Crippen LogP contribution in [-0.4, -0.2) is 58.5 Å². The molecule has 118 valence electrons. The Labute approximate surface area is 122 Å². The van der Waals surface area contributed by atoms with Crippen LogP contribution in [0, 0.1) is 0 Å². The molecule has 0 bridgehead atoms. The van der Waals surface area contributed by atoms with Crippen molar-refractivity contribution in [2.24, 2.45) is 0 Å². The highest BCUT2D eigenvalue weighted by atomic mass is 16.7. The van der Waals surface area contributed by atoms with Crippen LogP contribution in [-0.2, 0) is 0 Å². The average molecular weight is 300 g/mol. The van der Waals surface area contributed by atoms with Gasteiger partial charge in [0, 0.05) is 26.2 Å². The van der Waals surface area contributed by atoms with Gasteiger partial charge in [-0.15, -0.1) is 0 Å². The highest BCUT2D eigenvalue weighted by molar-refractivity contribution is 5.73. The molecule has 21 heavy (non-hydrogen) atoms. The van der Waals surface area contributed by atoms with Crippen molar-refractivity contribution < 1.29 is 23.7 Å². The van der Waals surface area contributed by atoms with E-state index < -0.39 is 12.2 Å². The number of aromatic nitrogens is 2. The lowest BCUT2D eigenvalue weighted by Crippen LogP contribution is -2.34. The molecule has 9 nitrogen and oxygen atoms in total. The van der Waals surface area contributed by atoms with Gasteiger partial charge in [0.1, 0.15) is 0 Å². The summed E-state index contributed by atoms with van der Waals surface area (Å²) in [6.07, 6.45) is -1.23. The fraction of sp³-hybridized carbons (Fsp3) is 0.667. The quantitative estimate of drug-likeness (QED) is 0.789. The Hall–Kier alpha value is -2.32. The first kappa shape index (κ1) is 16.7. The van der Waals surface area contributed by atoms with E-state index in [9.17, 15) is 9.59 Å². The maximum absolute atomic E-state index is 11.8. The predicted octanol–water partition coefficient (Wildman–Crippen LogP) is 1.75. The summed E-state index contributed by atoms with van der Waals surface area (Å²) in [5.74, 6) is -0.542. The van der Waals surface area contributed by atoms with Crippen molar-refractivity contribution in [2.75, 3.05) is 26.2 Å². The van der Waals surface area contributed by atoms with E-state index in [1.807, 2.05) is 27.7 Å². The van der Waals surface area contributed by atoms with E-state index in [1.165, 1.54) is 9.80 Å². The molecule has 1 heterocycles. The van der Waals surface area contributed by atoms with Gasteiger partial charge in [0.05, 0.1) is 0 Å². The second kappa shape index (κ2) is 8.08. The first-order chi connectivity index (χ1) is 10.1. The fourth-order valence-electron chi connectivity index (χ4n) is 1.56. The van der Waals surface area contributed by atoms with Gasteiger partial charge < -0.3 is 19.3 Å². The van der Waals surface area contributed by atoms with Gasteiger partial charge in [-0.05, 0) is 38.0 Å². The largest absolute Gasteiger partial charge is 0.416 e. The molecule has 1 aromatic rings. The van der Waals surface area contributed by atoms with Gasteiger partial charge in [0.2, 0.25) is 0 Å². The van der Waals surface area contributed by atoms with Crippen molar-refractivity contribution in [1.29, 1.82) is 0 Å². The van der Waals surface area contributed by atoms with Crippen molar-refractivity contribution >= 4 is 12.2 Å². The summed E-state index contributed by atoms with van der Waals surface area (Å²) < 4.78 is 14.5. The molecule has 0 aliphatic heterocycles. The Balaban J connectivity index is 2.73. The van der Waals surface area contributed by atoms with Crippen molar-refractivity contribution in [1.82, 2.24) is 20.1 Å². The van der Waals surface area contributed by atoms with Crippen LogP contribution in [0.1, 0.15) is 27.7 Å². The highest BCUT2D eigenvalue weighted by Gasteiger charge is 2.23. The third kappa shape index (κ3) is 4.33. The zero-order valence-corrected chi connectivity index (χ0v) is 12.7. The predicted molar refractivity (Wildman–Crippen MR) is 72.2 cm³/mol. The summed E-state index contributed by atoms with van der Waals surface area (Å²) in [4.78, 5) is 26.5. The molecule has 0 unspecified atom stereocenters. The van der Waals surface area contributed by atoms with E-state index >= 15 is 0 Å². The summed E-state index contributed by atoms with van der Waals surface area (Å²) in [7, 11) is 0. The Kier molecular flexibility index (Phi) is 6.44. The summed E-state index contributed by atoms with van der Waals surface area (Å²) in [6.45, 7) is 9.18. The van der Waals surface area contributed by atoms with Gasteiger partial charge in [-0.3, -0.25) is 0 Å². The normalized spacial score (nSPS) is 10.1. The molecule has 0 aliphatic rings. The number of hydrogen-bond donors (Lipinski definition) is 0. The van der Waals surface area contributed by atoms with Crippen LogP contribution in [0.2, 0.25) is 0 Å². The number of rotatable bonds is 6. The Morgan fingerprint density at radius 3 is 1.48 bits per heavy atom. The van der Waals surface area contributed by atoms with E-state index in [1.54, 1.807) is 0 Å². The Morgan fingerprint density at radius 1 is 0.857 bits per heavy atom. The second-order valence-electron chi connectivity index (χ2n) is 3.96. The summed E-state index contributed by atoms with van der Waals surface area (Å²) >= 11 is 0. The van der Waals surface area contributed by atoms with E-state index in [-0.39, 0.29) is 11.8 Å². The number of carbonyl (C=O) groups is 2. The van der Waals surface area contributed by atoms with Crippen molar-refractivity contribution in [3.8, 4) is 11.8 Å². The Morgan fingerprint density at radius 2 is 1.19 bits per heavy atom. The van der Waals surface area contributed by atoms with E-state index in [0.717, 1.165) is 0 Å². The Bertz CT molecular complexity index is 427. The van der Waals surface area contributed by atoms with Crippen LogP contribution in [0.4, 0.5) is 9.59 Å². The van der Waals surface area contributed by atoms with Crippen LogP contribution in [0.25, 0.3) is 0 Å². The van der Waals surface area contributed by atoms with Crippen molar-refractivity contribution in [3.63, 3.8) is 0 Å². The van der Waals surface area contributed by atoms with Gasteiger partial charge in [0.25, 0.3) is 0 Å². The third-order valence-electron chi connectivity index (χ3n) is 2.84. The third-order valence-corrected chi connectivity index (χ3v) is 2.84. The average Bonchev–Trinajstić information content (AvgIpc) is 2.88. The minimum atomic E-state index is -0.615. The van der Waals surface area contributed by atoms with Gasteiger partial charge in [-0.2, -0.15) is 0 Å². The van der Waals surface area contributed by atoms with Crippen molar-refractivity contribution in [3.05, 3.63) is 0 Å². The lowest BCUT2D eigenvalue weighted by molar-refractivity contribution is 0.144. The van der Waals surface area contributed by atoms with Gasteiger partial charge in [-0.1, -0.05) is 0 Å². The van der Waals surface area contributed by atoms with Crippen LogP contribution in [0.5, 0.6) is 11.8 Å². The molecule has 1 rings (SSSR count). The fourth-order valence-corrected chi connectivity index (χ4v) is 1.56. The first-order valence-corrected chi connectivity index (χ1v) is 6.83. The first-order valence-electron chi connectivity index (χ1n) is 6.83. The molecular weight excluding hydrogens is 280 g/mol. The molecule has 0 spiro atoms. The minimum absolute atomic E-state index is 0.271. The number of hydrogen-bond acceptors (Lipinski definition) is 7. The standard InChI is InChI=1S/C12H20N4O5/c1-5-15(6-2)11(17)19-9-10(14-21-13-9)20-12(18)16(7-3)8-4/h5-8H2,1-4H3. The zero-order chi connectivity index (χ0) is 15.8. The minimum Gasteiger partial charge on any atom is -0.382 e. The van der Waals surface area contributed by atoms with E-state index in [4.69, 9.17) is 9.47 Å². The highest BCUT2D eigenvalue weighted by Crippen LogP contribution is 2.22. The van der Waals surface area contributed by atoms with Gasteiger partial charge in [0.15, 0.2) is 0 Å². The molecule has 0 atom stereocenters. The lowest BCUT2D eigenvalue weighted by atomic mass is 10.5. The maximum Gasteiger partial charge on any atom is 0.416 e. The molecule has 0 aliphatic carbocycles. The molecular formula is C12H20N4O5. The molecule has 2 amide bonds. The van der Waals surface area contributed by atoms with E-state index in [2.05, 4.69) is 14.9 Å². The maximum atomic E-state index is 11.8. The van der Waals surface area contributed by atoms with Crippen molar-refractivity contribution in [2.45, 2.75) is 27.7 Å². The molecule has 0 saturated heterocycles. The summed E-state index contributed by atoms with van der Waals surface area (Å²) in [6, 6.07) is 0. The molecule has 0 fully saturated rings. The number of nitrogens with zero attached hydrogens (tertiary/aromatic N) is 4. The van der Waals surface area contributed by atoms with Crippen LogP contribution in [0.3, 0.4) is 0 Å². The van der Waals surface area contributed by atoms with Crippen LogP contribution >= 0.6 is 0 Å². The van der Waals surface area contributed by atoms with Crippen LogP contribution in [0.15, 0.2) is 4.63 Å². The monoisotopic (exact) mass is 300 g/mol. The molecule has 0 N–H and O–H groups in total. The number of carbonyl (C=O) groups excluding carboxylic acids is 2. The molecule has 0 saturated carbocycles. The molecule has 0 radical (unpaired) electrons. The summed E-state index contributed by atoms with van der Waals surface area (Å²) in [5.41, 5.74) is 0. The smallest absolute Gasteiger partial charge is 0.382 e. The molecule has 0 aromatic carbocycles. The van der Waals surface area contributed by atoms with Gasteiger partial charge in [-0.25, -0.2) is 14.2 Å². The molecule has 9 heteroatoms. The number of ether oxygens (including phenoxy) is 2. The van der Waals surface area contributed by atoms with Gasteiger partial charge >= 0.3 is 23.9 Å². The summed E-state index contributed by atoms with van der Waals surface area (Å²) in [5, 5.41) is 6.84. The second-order valence-corrected chi connectivity index (χ2v) is 3.96. The number of amides is 2. The SMILES string of the molecule is CCN(CC)C(=O)Oc1nonc1OC(=O)N(CC)CC. The zero-order valence-electron chi connectivity index (χ0n) is 12.7. The van der Waals surface area contributed by atoms with Crippen LogP contribution < -0.4 is 9.47 Å². The lowest BCUT2D eigenvalue weighted by Gasteiger charge is -2.18. The molecule has 1 aromatic heterocycles. The topological polar surface area (TPSA) is 98.0 Å². The van der Waals surface area contributed by atoms with E-state index in [0.29, 0.717) is 26.2 Å².